The second-order valence-electron chi connectivity index (χ2n) is 5.25. The topological polar surface area (TPSA) is 73.5 Å². The summed E-state index contributed by atoms with van der Waals surface area (Å²) in [5.41, 5.74) is 0.834. The molecule has 118 valence electrons. The Bertz CT molecular complexity index is 575. The maximum Gasteiger partial charge on any atom is 0.249 e. The molecule has 0 bridgehead atoms. The smallest absolute Gasteiger partial charge is 0.249 e. The lowest BCUT2D eigenvalue weighted by molar-refractivity contribution is -0.0451. The minimum absolute atomic E-state index is 0.203. The summed E-state index contributed by atoms with van der Waals surface area (Å²) >= 11 is 0. The maximum absolute atomic E-state index is 5.73. The lowest BCUT2D eigenvalue weighted by Gasteiger charge is -2.31. The van der Waals surface area contributed by atoms with Gasteiger partial charge in [0.15, 0.2) is 0 Å². The van der Waals surface area contributed by atoms with E-state index in [4.69, 9.17) is 13.9 Å². The van der Waals surface area contributed by atoms with Crippen molar-refractivity contribution >= 4 is 0 Å². The molecule has 3 rings (SSSR count). The molecule has 0 saturated carbocycles. The molecule has 1 aliphatic heterocycles. The van der Waals surface area contributed by atoms with Crippen LogP contribution in [0.1, 0.15) is 12.3 Å². The van der Waals surface area contributed by atoms with E-state index in [9.17, 15) is 0 Å². The van der Waals surface area contributed by atoms with Gasteiger partial charge in [-0.1, -0.05) is 0 Å². The number of ether oxygens (including phenoxy) is 2. The molecule has 0 amide bonds. The fourth-order valence-electron chi connectivity index (χ4n) is 2.46. The molecular formula is C15H20N4O3. The van der Waals surface area contributed by atoms with Gasteiger partial charge >= 0.3 is 0 Å². The number of hydrogen-bond donors (Lipinski definition) is 0. The molecular weight excluding hydrogens is 284 g/mol. The van der Waals surface area contributed by atoms with Crippen LogP contribution in [0.3, 0.4) is 0 Å². The molecule has 1 aliphatic rings. The largest absolute Gasteiger partial charge is 0.419 e. The monoisotopic (exact) mass is 304 g/mol. The number of rotatable bonds is 6. The maximum atomic E-state index is 5.73. The van der Waals surface area contributed by atoms with Gasteiger partial charge in [-0.3, -0.25) is 9.88 Å². The highest BCUT2D eigenvalue weighted by Crippen LogP contribution is 2.18. The van der Waals surface area contributed by atoms with Crippen molar-refractivity contribution in [1.82, 2.24) is 20.1 Å². The quantitative estimate of drug-likeness (QED) is 0.798. The van der Waals surface area contributed by atoms with Crippen LogP contribution in [0.4, 0.5) is 0 Å². The third-order valence-electron chi connectivity index (χ3n) is 3.60. The van der Waals surface area contributed by atoms with Crippen molar-refractivity contribution in [3.05, 3.63) is 30.4 Å². The molecule has 22 heavy (non-hydrogen) atoms. The molecule has 0 N–H and O–H groups in total. The number of pyridine rings is 1. The van der Waals surface area contributed by atoms with Crippen molar-refractivity contribution < 1.29 is 13.9 Å². The van der Waals surface area contributed by atoms with E-state index in [1.807, 2.05) is 12.1 Å². The molecule has 1 fully saturated rings. The zero-order chi connectivity index (χ0) is 15.2. The Morgan fingerprint density at radius 3 is 3.18 bits per heavy atom. The first-order valence-electron chi connectivity index (χ1n) is 7.41. The van der Waals surface area contributed by atoms with Crippen molar-refractivity contribution in [1.29, 1.82) is 0 Å². The summed E-state index contributed by atoms with van der Waals surface area (Å²) in [6.45, 7) is 3.80. The van der Waals surface area contributed by atoms with Gasteiger partial charge in [0.05, 0.1) is 24.8 Å². The molecule has 1 saturated heterocycles. The van der Waals surface area contributed by atoms with Gasteiger partial charge in [-0.05, 0) is 18.6 Å². The highest BCUT2D eigenvalue weighted by atomic mass is 16.5. The fourth-order valence-corrected chi connectivity index (χ4v) is 2.46. The second kappa shape index (κ2) is 7.44. The summed E-state index contributed by atoms with van der Waals surface area (Å²) in [7, 11) is 1.71. The fraction of sp³-hybridized carbons (Fsp3) is 0.533. The van der Waals surface area contributed by atoms with E-state index in [2.05, 4.69) is 20.1 Å². The van der Waals surface area contributed by atoms with Crippen molar-refractivity contribution in [3.8, 4) is 11.5 Å². The molecule has 0 aliphatic carbocycles. The Kier molecular flexibility index (Phi) is 5.10. The van der Waals surface area contributed by atoms with Crippen LogP contribution in [0.5, 0.6) is 0 Å². The van der Waals surface area contributed by atoms with E-state index in [0.717, 1.165) is 31.7 Å². The molecule has 2 aromatic rings. The lowest BCUT2D eigenvalue weighted by Crippen LogP contribution is -2.42. The summed E-state index contributed by atoms with van der Waals surface area (Å²) in [5, 5.41) is 8.21. The van der Waals surface area contributed by atoms with E-state index in [-0.39, 0.29) is 6.10 Å². The van der Waals surface area contributed by atoms with Gasteiger partial charge in [0, 0.05) is 39.2 Å². The SMILES string of the molecule is COCC[C@@H]1CN(Cc2nnc(-c3cccnc3)o2)CCO1. The van der Waals surface area contributed by atoms with Gasteiger partial charge in [0.25, 0.3) is 0 Å². The van der Waals surface area contributed by atoms with Gasteiger partial charge in [-0.15, -0.1) is 10.2 Å². The molecule has 0 unspecified atom stereocenters. The normalized spacial score (nSPS) is 19.4. The zero-order valence-corrected chi connectivity index (χ0v) is 12.6. The second-order valence-corrected chi connectivity index (χ2v) is 5.25. The van der Waals surface area contributed by atoms with Crippen molar-refractivity contribution in [2.45, 2.75) is 19.1 Å². The molecule has 2 aromatic heterocycles. The number of morpholine rings is 1. The van der Waals surface area contributed by atoms with Crippen molar-refractivity contribution in [3.63, 3.8) is 0 Å². The van der Waals surface area contributed by atoms with Crippen LogP contribution in [-0.4, -0.2) is 59.6 Å². The Labute approximate surface area is 129 Å². The average Bonchev–Trinajstić information content (AvgIpc) is 3.03. The van der Waals surface area contributed by atoms with Crippen LogP contribution in [0.15, 0.2) is 28.9 Å². The summed E-state index contributed by atoms with van der Waals surface area (Å²) in [4.78, 5) is 6.33. The molecule has 0 spiro atoms. The minimum atomic E-state index is 0.203. The first kappa shape index (κ1) is 15.1. The van der Waals surface area contributed by atoms with Gasteiger partial charge < -0.3 is 13.9 Å². The standard InChI is InChI=1S/C15H20N4O3/c1-20-7-4-13-10-19(6-8-21-13)11-14-17-18-15(22-14)12-3-2-5-16-9-12/h2-3,5,9,13H,4,6-8,10-11H2,1H3/t13-/m1/s1. The van der Waals surface area contributed by atoms with Crippen LogP contribution in [-0.2, 0) is 16.0 Å². The Morgan fingerprint density at radius 2 is 2.36 bits per heavy atom. The predicted octanol–water partition coefficient (Wildman–Crippen LogP) is 1.37. The minimum Gasteiger partial charge on any atom is -0.419 e. The average molecular weight is 304 g/mol. The molecule has 0 aromatic carbocycles. The van der Waals surface area contributed by atoms with E-state index in [1.54, 1.807) is 19.5 Å². The van der Waals surface area contributed by atoms with E-state index in [1.165, 1.54) is 0 Å². The zero-order valence-electron chi connectivity index (χ0n) is 12.6. The third-order valence-corrected chi connectivity index (χ3v) is 3.60. The summed E-state index contributed by atoms with van der Waals surface area (Å²) in [6, 6.07) is 3.75. The highest BCUT2D eigenvalue weighted by Gasteiger charge is 2.22. The molecule has 0 radical (unpaired) electrons. The van der Waals surface area contributed by atoms with Gasteiger partial charge in [-0.25, -0.2) is 0 Å². The van der Waals surface area contributed by atoms with Gasteiger partial charge in [-0.2, -0.15) is 0 Å². The summed E-state index contributed by atoms with van der Waals surface area (Å²) in [5.74, 6) is 1.12. The van der Waals surface area contributed by atoms with E-state index in [0.29, 0.717) is 24.9 Å². The molecule has 7 heteroatoms. The molecule has 7 nitrogen and oxygen atoms in total. The Balaban J connectivity index is 1.58. The number of aromatic nitrogens is 3. The van der Waals surface area contributed by atoms with Crippen LogP contribution in [0.2, 0.25) is 0 Å². The first-order chi connectivity index (χ1) is 10.8. The summed E-state index contributed by atoms with van der Waals surface area (Å²) < 4.78 is 16.6. The highest BCUT2D eigenvalue weighted by molar-refractivity contribution is 5.49. The van der Waals surface area contributed by atoms with Gasteiger partial charge in [0.2, 0.25) is 11.8 Å². The number of methoxy groups -OCH3 is 1. The van der Waals surface area contributed by atoms with E-state index < -0.39 is 0 Å². The van der Waals surface area contributed by atoms with Crippen molar-refractivity contribution in [2.24, 2.45) is 0 Å². The summed E-state index contributed by atoms with van der Waals surface area (Å²) in [6.07, 6.45) is 4.54. The predicted molar refractivity (Wildman–Crippen MR) is 79.0 cm³/mol. The van der Waals surface area contributed by atoms with Crippen molar-refractivity contribution in [2.75, 3.05) is 33.4 Å². The molecule has 3 heterocycles. The third kappa shape index (κ3) is 3.88. The molecule has 1 atom stereocenters. The van der Waals surface area contributed by atoms with Crippen LogP contribution >= 0.6 is 0 Å². The van der Waals surface area contributed by atoms with Gasteiger partial charge in [0.1, 0.15) is 0 Å². The Hall–Kier alpha value is -1.83. The van der Waals surface area contributed by atoms with Crippen LogP contribution in [0.25, 0.3) is 11.5 Å². The van der Waals surface area contributed by atoms with E-state index >= 15 is 0 Å². The number of nitrogens with zero attached hydrogens (tertiary/aromatic N) is 4. The Morgan fingerprint density at radius 1 is 1.41 bits per heavy atom. The van der Waals surface area contributed by atoms with Crippen LogP contribution in [0, 0.1) is 0 Å². The first-order valence-corrected chi connectivity index (χ1v) is 7.41. The number of hydrogen-bond acceptors (Lipinski definition) is 7. The van der Waals surface area contributed by atoms with Crippen LogP contribution < -0.4 is 0 Å². The lowest BCUT2D eigenvalue weighted by atomic mass is 10.2.